The fourth-order valence-electron chi connectivity index (χ4n) is 3.35. The number of nitrogens with zero attached hydrogens (tertiary/aromatic N) is 2. The highest BCUT2D eigenvalue weighted by molar-refractivity contribution is 9.10. The number of halogens is 1. The number of nitrogens with one attached hydrogen (secondary N) is 1. The van der Waals surface area contributed by atoms with Gasteiger partial charge in [-0.1, -0.05) is 46.3 Å². The smallest absolute Gasteiger partial charge is 0.243 e. The minimum Gasteiger partial charge on any atom is -0.352 e. The topological polar surface area (TPSA) is 69.7 Å². The Balaban J connectivity index is 1.76. The largest absolute Gasteiger partial charge is 0.352 e. The highest BCUT2D eigenvalue weighted by Crippen LogP contribution is 2.19. The zero-order valence-corrected chi connectivity index (χ0v) is 18.8. The van der Waals surface area contributed by atoms with Crippen LogP contribution < -0.4 is 5.32 Å². The molecular formula is C21H26BrN3O3S. The van der Waals surface area contributed by atoms with Crippen LogP contribution in [0.2, 0.25) is 0 Å². The van der Waals surface area contributed by atoms with Crippen LogP contribution in [0.25, 0.3) is 0 Å². The number of hydrogen-bond acceptors (Lipinski definition) is 4. The van der Waals surface area contributed by atoms with E-state index in [-0.39, 0.29) is 29.9 Å². The van der Waals surface area contributed by atoms with Gasteiger partial charge in [-0.2, -0.15) is 4.31 Å². The minimum absolute atomic E-state index is 0.0904. The lowest BCUT2D eigenvalue weighted by Crippen LogP contribution is -2.47. The summed E-state index contributed by atoms with van der Waals surface area (Å²) < 4.78 is 28.6. The Hall–Kier alpha value is -1.74. The first kappa shape index (κ1) is 22.0. The summed E-state index contributed by atoms with van der Waals surface area (Å²) in [5.74, 6) is -0.267. The van der Waals surface area contributed by atoms with Gasteiger partial charge in [0, 0.05) is 17.1 Å². The van der Waals surface area contributed by atoms with E-state index >= 15 is 0 Å². The van der Waals surface area contributed by atoms with Crippen molar-refractivity contribution in [3.05, 3.63) is 64.6 Å². The van der Waals surface area contributed by atoms with Gasteiger partial charge in [0.05, 0.1) is 11.4 Å². The molecule has 0 atom stereocenters. The molecule has 1 N–H and O–H groups in total. The zero-order valence-electron chi connectivity index (χ0n) is 16.4. The second kappa shape index (κ2) is 9.84. The van der Waals surface area contributed by atoms with E-state index in [1.54, 1.807) is 30.3 Å². The van der Waals surface area contributed by atoms with Crippen LogP contribution in [0, 0.1) is 0 Å². The number of hydrogen-bond donors (Lipinski definition) is 1. The third-order valence-electron chi connectivity index (χ3n) is 5.06. The Morgan fingerprint density at radius 2 is 1.72 bits per heavy atom. The number of carbonyl (C=O) groups excluding carboxylic acids is 1. The van der Waals surface area contributed by atoms with E-state index in [0.717, 1.165) is 36.0 Å². The SMILES string of the molecule is CN1CCC(NC(=O)CN(Cc2ccc(Br)cc2)S(=O)(=O)c2ccccc2)CC1. The zero-order chi connectivity index (χ0) is 20.9. The first-order valence-electron chi connectivity index (χ1n) is 9.62. The van der Waals surface area contributed by atoms with E-state index in [1.165, 1.54) is 4.31 Å². The standard InChI is InChI=1S/C21H26BrN3O3S/c1-24-13-11-19(12-14-24)23-21(26)16-25(15-17-7-9-18(22)10-8-17)29(27,28)20-5-3-2-4-6-20/h2-10,19H,11-16H2,1H3,(H,23,26). The Bertz CT molecular complexity index is 912. The molecule has 3 rings (SSSR count). The molecule has 8 heteroatoms. The Labute approximate surface area is 181 Å². The van der Waals surface area contributed by atoms with Crippen molar-refractivity contribution in [2.45, 2.75) is 30.3 Å². The average molecular weight is 480 g/mol. The molecule has 0 aliphatic carbocycles. The van der Waals surface area contributed by atoms with Crippen molar-refractivity contribution in [2.75, 3.05) is 26.7 Å². The summed E-state index contributed by atoms with van der Waals surface area (Å²) in [6, 6.07) is 15.8. The van der Waals surface area contributed by atoms with Gasteiger partial charge >= 0.3 is 0 Å². The maximum atomic E-state index is 13.2. The van der Waals surface area contributed by atoms with Crippen LogP contribution in [0.3, 0.4) is 0 Å². The lowest BCUT2D eigenvalue weighted by atomic mass is 10.1. The second-order valence-corrected chi connectivity index (χ2v) is 10.2. The number of carbonyl (C=O) groups is 1. The Morgan fingerprint density at radius 3 is 2.34 bits per heavy atom. The molecule has 1 saturated heterocycles. The number of sulfonamides is 1. The van der Waals surface area contributed by atoms with Gasteiger partial charge in [-0.25, -0.2) is 8.42 Å². The van der Waals surface area contributed by atoms with Crippen LogP contribution in [0.15, 0.2) is 64.0 Å². The molecule has 1 aliphatic rings. The number of rotatable bonds is 7. The third kappa shape index (κ3) is 6.12. The molecule has 1 amide bonds. The molecule has 0 unspecified atom stereocenters. The number of likely N-dealkylation sites (tertiary alicyclic amines) is 1. The molecule has 6 nitrogen and oxygen atoms in total. The first-order chi connectivity index (χ1) is 13.8. The molecule has 0 saturated carbocycles. The fraction of sp³-hybridized carbons (Fsp3) is 0.381. The summed E-state index contributed by atoms with van der Waals surface area (Å²) >= 11 is 3.39. The second-order valence-electron chi connectivity index (χ2n) is 7.36. The Morgan fingerprint density at radius 1 is 1.10 bits per heavy atom. The highest BCUT2D eigenvalue weighted by atomic mass is 79.9. The van der Waals surface area contributed by atoms with Crippen molar-refractivity contribution in [3.63, 3.8) is 0 Å². The van der Waals surface area contributed by atoms with Crippen LogP contribution in [-0.4, -0.2) is 56.3 Å². The normalized spacial score (nSPS) is 16.1. The van der Waals surface area contributed by atoms with Crippen molar-refractivity contribution in [3.8, 4) is 0 Å². The molecule has 0 aromatic heterocycles. The molecule has 0 spiro atoms. The minimum atomic E-state index is -3.80. The summed E-state index contributed by atoms with van der Waals surface area (Å²) in [6.45, 7) is 1.77. The van der Waals surface area contributed by atoms with E-state index < -0.39 is 10.0 Å². The van der Waals surface area contributed by atoms with Crippen LogP contribution in [0.1, 0.15) is 18.4 Å². The van der Waals surface area contributed by atoms with Gasteiger partial charge in [0.25, 0.3) is 0 Å². The van der Waals surface area contributed by atoms with E-state index in [4.69, 9.17) is 0 Å². The summed E-state index contributed by atoms with van der Waals surface area (Å²) in [5, 5.41) is 3.01. The van der Waals surface area contributed by atoms with Gasteiger partial charge in [-0.05, 0) is 62.8 Å². The number of piperidine rings is 1. The molecule has 156 valence electrons. The van der Waals surface area contributed by atoms with Crippen LogP contribution >= 0.6 is 15.9 Å². The van der Waals surface area contributed by atoms with E-state index in [0.29, 0.717) is 0 Å². The molecule has 1 aliphatic heterocycles. The van der Waals surface area contributed by atoms with E-state index in [9.17, 15) is 13.2 Å². The van der Waals surface area contributed by atoms with Crippen molar-refractivity contribution in [2.24, 2.45) is 0 Å². The maximum absolute atomic E-state index is 13.2. The van der Waals surface area contributed by atoms with Crippen molar-refractivity contribution < 1.29 is 13.2 Å². The monoisotopic (exact) mass is 479 g/mol. The van der Waals surface area contributed by atoms with E-state index in [2.05, 4.69) is 33.2 Å². The third-order valence-corrected chi connectivity index (χ3v) is 7.39. The van der Waals surface area contributed by atoms with Gasteiger partial charge in [0.15, 0.2) is 0 Å². The van der Waals surface area contributed by atoms with E-state index in [1.807, 2.05) is 24.3 Å². The summed E-state index contributed by atoms with van der Waals surface area (Å²) in [7, 11) is -1.74. The van der Waals surface area contributed by atoms with Crippen molar-refractivity contribution >= 4 is 31.9 Å². The van der Waals surface area contributed by atoms with Crippen LogP contribution in [-0.2, 0) is 21.4 Å². The predicted octanol–water partition coefficient (Wildman–Crippen LogP) is 2.85. The van der Waals surface area contributed by atoms with Gasteiger partial charge in [0.1, 0.15) is 0 Å². The number of benzene rings is 2. The predicted molar refractivity (Wildman–Crippen MR) is 117 cm³/mol. The Kier molecular flexibility index (Phi) is 7.45. The molecule has 0 radical (unpaired) electrons. The molecule has 0 bridgehead atoms. The van der Waals surface area contributed by atoms with Gasteiger partial charge < -0.3 is 10.2 Å². The van der Waals surface area contributed by atoms with Crippen molar-refractivity contribution in [1.82, 2.24) is 14.5 Å². The summed E-state index contributed by atoms with van der Waals surface area (Å²) in [4.78, 5) is 15.1. The average Bonchev–Trinajstić information content (AvgIpc) is 2.71. The molecule has 29 heavy (non-hydrogen) atoms. The molecular weight excluding hydrogens is 454 g/mol. The fourth-order valence-corrected chi connectivity index (χ4v) is 5.02. The first-order valence-corrected chi connectivity index (χ1v) is 11.9. The molecule has 1 fully saturated rings. The van der Waals surface area contributed by atoms with Crippen LogP contribution in [0.4, 0.5) is 0 Å². The molecule has 1 heterocycles. The van der Waals surface area contributed by atoms with Gasteiger partial charge in [-0.15, -0.1) is 0 Å². The van der Waals surface area contributed by atoms with Gasteiger partial charge in [0.2, 0.25) is 15.9 Å². The summed E-state index contributed by atoms with van der Waals surface area (Å²) in [6.07, 6.45) is 1.75. The summed E-state index contributed by atoms with van der Waals surface area (Å²) in [5.41, 5.74) is 0.819. The molecule has 2 aromatic carbocycles. The number of amides is 1. The molecule has 2 aromatic rings. The maximum Gasteiger partial charge on any atom is 0.243 e. The lowest BCUT2D eigenvalue weighted by molar-refractivity contribution is -0.122. The quantitative estimate of drug-likeness (QED) is 0.662. The lowest BCUT2D eigenvalue weighted by Gasteiger charge is -2.30. The van der Waals surface area contributed by atoms with Crippen LogP contribution in [0.5, 0.6) is 0 Å². The van der Waals surface area contributed by atoms with Crippen molar-refractivity contribution in [1.29, 1.82) is 0 Å². The highest BCUT2D eigenvalue weighted by Gasteiger charge is 2.28. The van der Waals surface area contributed by atoms with Gasteiger partial charge in [-0.3, -0.25) is 4.79 Å².